The van der Waals surface area contributed by atoms with Crippen molar-refractivity contribution < 1.29 is 32.2 Å². The molecule has 0 amide bonds. The fourth-order valence-electron chi connectivity index (χ4n) is 4.74. The lowest BCUT2D eigenvalue weighted by Gasteiger charge is -2.11. The molecule has 228 valence electrons. The van der Waals surface area contributed by atoms with E-state index in [4.69, 9.17) is 14.2 Å². The summed E-state index contributed by atoms with van der Waals surface area (Å²) in [4.78, 5) is 12.2. The predicted molar refractivity (Wildman–Crippen MR) is 161 cm³/mol. The summed E-state index contributed by atoms with van der Waals surface area (Å²) in [5, 5.41) is 0. The molecule has 42 heavy (non-hydrogen) atoms. The van der Waals surface area contributed by atoms with Crippen LogP contribution in [0.3, 0.4) is 0 Å². The van der Waals surface area contributed by atoms with Gasteiger partial charge in [0, 0.05) is 11.6 Å². The molecule has 0 bridgehead atoms. The third-order valence-corrected chi connectivity index (χ3v) is 7.19. The van der Waals surface area contributed by atoms with E-state index in [1.165, 1.54) is 87.1 Å². The summed E-state index contributed by atoms with van der Waals surface area (Å²) >= 11 is 0. The second kappa shape index (κ2) is 18.1. The maximum absolute atomic E-state index is 14.8. The molecule has 7 heteroatoms. The first-order chi connectivity index (χ1) is 20.4. The molecular weight excluding hydrogens is 541 g/mol. The van der Waals surface area contributed by atoms with Gasteiger partial charge in [0.1, 0.15) is 17.3 Å². The van der Waals surface area contributed by atoms with Gasteiger partial charge in [-0.3, -0.25) is 0 Å². The number of carbonyl (C=O) groups excluding carboxylic acids is 1. The molecule has 0 radical (unpaired) electrons. The summed E-state index contributed by atoms with van der Waals surface area (Å²) in [5.41, 5.74) is 1.05. The highest BCUT2D eigenvalue weighted by Gasteiger charge is 2.17. The lowest BCUT2D eigenvalue weighted by atomic mass is 10.0. The number of halogens is 3. The lowest BCUT2D eigenvalue weighted by Crippen LogP contribution is -2.14. The molecule has 0 unspecified atom stereocenters. The van der Waals surface area contributed by atoms with Gasteiger partial charge >= 0.3 is 6.16 Å². The SMILES string of the molecule is CCCCCCCCOc1ccc(-c2ccc(OC(=O)Oc3ccc(CCCCCCCC)c(F)c3)cc2)c(F)c1F. The molecule has 0 aliphatic heterocycles. The fraction of sp³-hybridized carbons (Fsp3) is 0.457. The maximum atomic E-state index is 14.8. The van der Waals surface area contributed by atoms with Gasteiger partial charge in [-0.1, -0.05) is 96.3 Å². The van der Waals surface area contributed by atoms with E-state index in [0.29, 0.717) is 24.2 Å². The Morgan fingerprint density at radius 3 is 1.90 bits per heavy atom. The first kappa shape index (κ1) is 33.0. The van der Waals surface area contributed by atoms with Crippen molar-refractivity contribution in [1.29, 1.82) is 0 Å². The van der Waals surface area contributed by atoms with Crippen LogP contribution >= 0.6 is 0 Å². The highest BCUT2D eigenvalue weighted by Crippen LogP contribution is 2.31. The van der Waals surface area contributed by atoms with Crippen molar-refractivity contribution >= 4 is 6.16 Å². The molecule has 0 N–H and O–H groups in total. The molecule has 3 rings (SSSR count). The van der Waals surface area contributed by atoms with Gasteiger partial charge in [0.25, 0.3) is 0 Å². The minimum absolute atomic E-state index is 0.0390. The Morgan fingerprint density at radius 1 is 0.643 bits per heavy atom. The number of ether oxygens (including phenoxy) is 3. The van der Waals surface area contributed by atoms with Crippen LogP contribution in [0.5, 0.6) is 17.2 Å². The van der Waals surface area contributed by atoms with E-state index >= 15 is 0 Å². The van der Waals surface area contributed by atoms with Gasteiger partial charge in [-0.2, -0.15) is 4.39 Å². The van der Waals surface area contributed by atoms with Crippen LogP contribution in [0.4, 0.5) is 18.0 Å². The van der Waals surface area contributed by atoms with E-state index in [1.54, 1.807) is 6.07 Å². The van der Waals surface area contributed by atoms with Crippen LogP contribution in [0.15, 0.2) is 54.6 Å². The molecule has 3 aromatic carbocycles. The van der Waals surface area contributed by atoms with Gasteiger partial charge in [0.15, 0.2) is 11.6 Å². The topological polar surface area (TPSA) is 44.8 Å². The third-order valence-electron chi connectivity index (χ3n) is 7.19. The largest absolute Gasteiger partial charge is 0.519 e. The maximum Gasteiger partial charge on any atom is 0.519 e. The van der Waals surface area contributed by atoms with Crippen molar-refractivity contribution in [2.75, 3.05) is 6.61 Å². The second-order valence-electron chi connectivity index (χ2n) is 10.6. The first-order valence-electron chi connectivity index (χ1n) is 15.3. The Balaban J connectivity index is 1.48. The lowest BCUT2D eigenvalue weighted by molar-refractivity contribution is 0.151. The normalized spacial score (nSPS) is 11.0. The van der Waals surface area contributed by atoms with Crippen LogP contribution in [0.2, 0.25) is 0 Å². The molecule has 0 atom stereocenters. The van der Waals surface area contributed by atoms with E-state index in [9.17, 15) is 18.0 Å². The van der Waals surface area contributed by atoms with E-state index in [1.807, 2.05) is 0 Å². The zero-order valence-corrected chi connectivity index (χ0v) is 24.9. The average Bonchev–Trinajstić information content (AvgIpc) is 2.98. The van der Waals surface area contributed by atoms with E-state index in [0.717, 1.165) is 38.5 Å². The van der Waals surface area contributed by atoms with Crippen molar-refractivity contribution in [2.24, 2.45) is 0 Å². The van der Waals surface area contributed by atoms with Crippen LogP contribution in [0.1, 0.15) is 96.5 Å². The first-order valence-corrected chi connectivity index (χ1v) is 15.3. The van der Waals surface area contributed by atoms with E-state index < -0.39 is 23.6 Å². The van der Waals surface area contributed by atoms with Gasteiger partial charge in [0.05, 0.1) is 6.61 Å². The summed E-state index contributed by atoms with van der Waals surface area (Å²) in [5.74, 6) is -2.40. The molecule has 0 saturated carbocycles. The quantitative estimate of drug-likeness (QED) is 0.0847. The Hall–Kier alpha value is -3.48. The Labute approximate surface area is 248 Å². The number of aryl methyl sites for hydroxylation is 1. The Kier molecular flexibility index (Phi) is 14.3. The standard InChI is InChI=1S/C35H43F3O4/c1-3-5-7-9-11-13-15-27-18-21-29(25-31(27)36)42-35(39)41-28-19-16-26(17-20-28)30-22-23-32(34(38)33(30)37)40-24-14-12-10-8-6-4-2/h16-23,25H,3-15,24H2,1-2H3. The van der Waals surface area contributed by atoms with Gasteiger partial charge in [-0.15, -0.1) is 0 Å². The molecule has 4 nitrogen and oxygen atoms in total. The molecule has 0 spiro atoms. The Bertz CT molecular complexity index is 1240. The number of unbranched alkanes of at least 4 members (excludes halogenated alkanes) is 10. The van der Waals surface area contributed by atoms with Gasteiger partial charge in [-0.25, -0.2) is 13.6 Å². The highest BCUT2D eigenvalue weighted by molar-refractivity contribution is 5.69. The smallest absolute Gasteiger partial charge is 0.490 e. The van der Waals surface area contributed by atoms with Crippen LogP contribution in [-0.4, -0.2) is 12.8 Å². The fourth-order valence-corrected chi connectivity index (χ4v) is 4.74. The second-order valence-corrected chi connectivity index (χ2v) is 10.6. The van der Waals surface area contributed by atoms with E-state index in [2.05, 4.69) is 13.8 Å². The number of rotatable bonds is 18. The number of carbonyl (C=O) groups is 1. The molecular formula is C35H43F3O4. The monoisotopic (exact) mass is 584 g/mol. The molecule has 0 heterocycles. The summed E-state index contributed by atoms with van der Waals surface area (Å²) in [7, 11) is 0. The van der Waals surface area contributed by atoms with Gasteiger partial charge < -0.3 is 14.2 Å². The summed E-state index contributed by atoms with van der Waals surface area (Å²) in [6, 6.07) is 13.1. The molecule has 0 aromatic heterocycles. The van der Waals surface area contributed by atoms with Crippen molar-refractivity contribution in [3.63, 3.8) is 0 Å². The van der Waals surface area contributed by atoms with Gasteiger partial charge in [0.2, 0.25) is 5.82 Å². The Morgan fingerprint density at radius 2 is 1.24 bits per heavy atom. The van der Waals surface area contributed by atoms with Crippen LogP contribution < -0.4 is 14.2 Å². The van der Waals surface area contributed by atoms with Gasteiger partial charge in [-0.05, 0) is 60.7 Å². The summed E-state index contributed by atoms with van der Waals surface area (Å²) in [6.45, 7) is 4.66. The summed E-state index contributed by atoms with van der Waals surface area (Å²) < 4.78 is 59.7. The summed E-state index contributed by atoms with van der Waals surface area (Å²) in [6.07, 6.45) is 12.8. The number of hydrogen-bond donors (Lipinski definition) is 0. The average molecular weight is 585 g/mol. The molecule has 0 aliphatic rings. The van der Waals surface area contributed by atoms with Crippen LogP contribution in [0, 0.1) is 17.5 Å². The highest BCUT2D eigenvalue weighted by atomic mass is 19.2. The van der Waals surface area contributed by atoms with Crippen molar-refractivity contribution in [1.82, 2.24) is 0 Å². The number of hydrogen-bond acceptors (Lipinski definition) is 4. The van der Waals surface area contributed by atoms with Crippen LogP contribution in [-0.2, 0) is 6.42 Å². The zero-order valence-electron chi connectivity index (χ0n) is 24.9. The number of benzene rings is 3. The van der Waals surface area contributed by atoms with Crippen molar-refractivity contribution in [2.45, 2.75) is 97.3 Å². The molecule has 0 aliphatic carbocycles. The predicted octanol–water partition coefficient (Wildman–Crippen LogP) is 11.0. The third kappa shape index (κ3) is 10.7. The minimum atomic E-state index is -1.03. The minimum Gasteiger partial charge on any atom is -0.490 e. The molecule has 3 aromatic rings. The van der Waals surface area contributed by atoms with Crippen LogP contribution in [0.25, 0.3) is 11.1 Å². The van der Waals surface area contributed by atoms with Crippen molar-refractivity contribution in [3.05, 3.63) is 77.6 Å². The van der Waals surface area contributed by atoms with E-state index in [-0.39, 0.29) is 22.8 Å². The molecule has 0 fully saturated rings. The molecule has 0 saturated heterocycles. The zero-order chi connectivity index (χ0) is 30.2. The van der Waals surface area contributed by atoms with Crippen molar-refractivity contribution in [3.8, 4) is 28.4 Å².